The van der Waals surface area contributed by atoms with Crippen molar-refractivity contribution in [3.8, 4) is 5.75 Å². The Hall–Kier alpha value is -1.18. The predicted octanol–water partition coefficient (Wildman–Crippen LogP) is 3.84. The maximum absolute atomic E-state index is 9.47. The standard InChI is InChI=1S/C14H21NO/c1-11-10-13(8-9-14(11)16)15-12-6-4-2-3-5-7-12/h8-10,12,15-16H,2-7H2,1H3. The van der Waals surface area contributed by atoms with Gasteiger partial charge in [0.05, 0.1) is 0 Å². The third-order valence-corrected chi connectivity index (χ3v) is 3.42. The molecule has 2 rings (SSSR count). The molecule has 1 aromatic rings. The molecule has 0 aliphatic heterocycles. The highest BCUT2D eigenvalue weighted by Crippen LogP contribution is 2.24. The Morgan fingerprint density at radius 1 is 1.12 bits per heavy atom. The van der Waals surface area contributed by atoms with E-state index in [9.17, 15) is 5.11 Å². The van der Waals surface area contributed by atoms with E-state index in [-0.39, 0.29) is 0 Å². The van der Waals surface area contributed by atoms with Crippen molar-refractivity contribution in [1.29, 1.82) is 0 Å². The molecule has 0 unspecified atom stereocenters. The van der Waals surface area contributed by atoms with E-state index in [1.165, 1.54) is 38.5 Å². The molecule has 0 aromatic heterocycles. The summed E-state index contributed by atoms with van der Waals surface area (Å²) in [6.45, 7) is 1.94. The highest BCUT2D eigenvalue weighted by atomic mass is 16.3. The molecule has 2 nitrogen and oxygen atoms in total. The van der Waals surface area contributed by atoms with Gasteiger partial charge in [-0.3, -0.25) is 0 Å². The van der Waals surface area contributed by atoms with Crippen molar-refractivity contribution in [2.24, 2.45) is 0 Å². The molecule has 1 aliphatic rings. The first-order valence-electron chi connectivity index (χ1n) is 6.32. The van der Waals surface area contributed by atoms with Gasteiger partial charge in [-0.1, -0.05) is 25.7 Å². The van der Waals surface area contributed by atoms with Crippen molar-refractivity contribution >= 4 is 5.69 Å². The predicted molar refractivity (Wildman–Crippen MR) is 68.0 cm³/mol. The summed E-state index contributed by atoms with van der Waals surface area (Å²) in [5.41, 5.74) is 2.08. The molecule has 0 bridgehead atoms. The van der Waals surface area contributed by atoms with Gasteiger partial charge in [0.1, 0.15) is 5.75 Å². The molecular formula is C14H21NO. The Morgan fingerprint density at radius 3 is 2.44 bits per heavy atom. The average molecular weight is 219 g/mol. The number of phenols is 1. The molecule has 0 atom stereocenters. The lowest BCUT2D eigenvalue weighted by Gasteiger charge is -2.18. The molecule has 0 heterocycles. The third-order valence-electron chi connectivity index (χ3n) is 3.42. The van der Waals surface area contributed by atoms with Crippen LogP contribution in [0.3, 0.4) is 0 Å². The van der Waals surface area contributed by atoms with Crippen molar-refractivity contribution in [1.82, 2.24) is 0 Å². The number of hydrogen-bond donors (Lipinski definition) is 2. The molecule has 0 saturated heterocycles. The Kier molecular flexibility index (Phi) is 3.70. The first-order valence-corrected chi connectivity index (χ1v) is 6.32. The molecule has 16 heavy (non-hydrogen) atoms. The quantitative estimate of drug-likeness (QED) is 0.585. The van der Waals surface area contributed by atoms with Gasteiger partial charge in [0.25, 0.3) is 0 Å². The lowest BCUT2D eigenvalue weighted by molar-refractivity contribution is 0.471. The van der Waals surface area contributed by atoms with Crippen LogP contribution in [0.5, 0.6) is 5.75 Å². The van der Waals surface area contributed by atoms with Gasteiger partial charge in [0, 0.05) is 11.7 Å². The molecule has 0 spiro atoms. The smallest absolute Gasteiger partial charge is 0.118 e. The summed E-state index contributed by atoms with van der Waals surface area (Å²) >= 11 is 0. The zero-order valence-corrected chi connectivity index (χ0v) is 10.00. The van der Waals surface area contributed by atoms with Crippen LogP contribution in [0.4, 0.5) is 5.69 Å². The molecule has 1 fully saturated rings. The van der Waals surface area contributed by atoms with Gasteiger partial charge in [-0.05, 0) is 43.5 Å². The largest absolute Gasteiger partial charge is 0.508 e. The fraction of sp³-hybridized carbons (Fsp3) is 0.571. The third kappa shape index (κ3) is 2.91. The second kappa shape index (κ2) is 5.24. The van der Waals surface area contributed by atoms with Crippen LogP contribution in [0.2, 0.25) is 0 Å². The summed E-state index contributed by atoms with van der Waals surface area (Å²) in [5, 5.41) is 13.0. The van der Waals surface area contributed by atoms with E-state index in [2.05, 4.69) is 5.32 Å². The van der Waals surface area contributed by atoms with E-state index in [1.54, 1.807) is 6.07 Å². The summed E-state index contributed by atoms with van der Waals surface area (Å²) in [4.78, 5) is 0. The van der Waals surface area contributed by atoms with Crippen LogP contribution in [0.1, 0.15) is 44.1 Å². The molecule has 2 heteroatoms. The highest BCUT2D eigenvalue weighted by molar-refractivity contribution is 5.50. The number of benzene rings is 1. The van der Waals surface area contributed by atoms with Crippen LogP contribution in [0.15, 0.2) is 18.2 Å². The Bertz CT molecular complexity index is 341. The molecule has 88 valence electrons. The number of hydrogen-bond acceptors (Lipinski definition) is 2. The van der Waals surface area contributed by atoms with Gasteiger partial charge < -0.3 is 10.4 Å². The van der Waals surface area contributed by atoms with E-state index >= 15 is 0 Å². The summed E-state index contributed by atoms with van der Waals surface area (Å²) < 4.78 is 0. The molecule has 2 N–H and O–H groups in total. The van der Waals surface area contributed by atoms with E-state index in [4.69, 9.17) is 0 Å². The van der Waals surface area contributed by atoms with Gasteiger partial charge in [-0.2, -0.15) is 0 Å². The molecular weight excluding hydrogens is 198 g/mol. The fourth-order valence-electron chi connectivity index (χ4n) is 2.40. The van der Waals surface area contributed by atoms with Crippen LogP contribution in [0.25, 0.3) is 0 Å². The summed E-state index contributed by atoms with van der Waals surface area (Å²) in [6.07, 6.45) is 8.00. The minimum atomic E-state index is 0.381. The van der Waals surface area contributed by atoms with Crippen LogP contribution in [0, 0.1) is 6.92 Å². The van der Waals surface area contributed by atoms with Crippen molar-refractivity contribution in [2.75, 3.05) is 5.32 Å². The number of rotatable bonds is 2. The first-order chi connectivity index (χ1) is 7.75. The van der Waals surface area contributed by atoms with Crippen molar-refractivity contribution in [3.63, 3.8) is 0 Å². The normalized spacial score (nSPS) is 18.1. The van der Waals surface area contributed by atoms with Gasteiger partial charge in [-0.15, -0.1) is 0 Å². The van der Waals surface area contributed by atoms with Gasteiger partial charge in [-0.25, -0.2) is 0 Å². The molecule has 1 saturated carbocycles. The second-order valence-electron chi connectivity index (χ2n) is 4.83. The number of aryl methyl sites for hydroxylation is 1. The lowest BCUT2D eigenvalue weighted by atomic mass is 10.1. The van der Waals surface area contributed by atoms with Gasteiger partial charge >= 0.3 is 0 Å². The topological polar surface area (TPSA) is 32.3 Å². The monoisotopic (exact) mass is 219 g/mol. The van der Waals surface area contributed by atoms with Crippen LogP contribution < -0.4 is 5.32 Å². The summed E-state index contributed by atoms with van der Waals surface area (Å²) in [5.74, 6) is 0.381. The number of anilines is 1. The highest BCUT2D eigenvalue weighted by Gasteiger charge is 2.11. The summed E-state index contributed by atoms with van der Waals surface area (Å²) in [7, 11) is 0. The summed E-state index contributed by atoms with van der Waals surface area (Å²) in [6, 6.07) is 6.38. The van der Waals surface area contributed by atoms with Crippen LogP contribution >= 0.6 is 0 Å². The SMILES string of the molecule is Cc1cc(NC2CCCCCC2)ccc1O. The van der Waals surface area contributed by atoms with Crippen molar-refractivity contribution < 1.29 is 5.11 Å². The zero-order chi connectivity index (χ0) is 11.4. The maximum Gasteiger partial charge on any atom is 0.118 e. The molecule has 1 aromatic carbocycles. The van der Waals surface area contributed by atoms with E-state index in [0.717, 1.165) is 11.3 Å². The van der Waals surface area contributed by atoms with Crippen LogP contribution in [-0.4, -0.2) is 11.1 Å². The van der Waals surface area contributed by atoms with E-state index in [1.807, 2.05) is 19.1 Å². The fourth-order valence-corrected chi connectivity index (χ4v) is 2.40. The second-order valence-corrected chi connectivity index (χ2v) is 4.83. The maximum atomic E-state index is 9.47. The molecule has 1 aliphatic carbocycles. The molecule has 0 radical (unpaired) electrons. The number of phenolic OH excluding ortho intramolecular Hbond substituents is 1. The first kappa shape index (κ1) is 11.3. The minimum absolute atomic E-state index is 0.381. The molecule has 0 amide bonds. The minimum Gasteiger partial charge on any atom is -0.508 e. The van der Waals surface area contributed by atoms with Gasteiger partial charge in [0.2, 0.25) is 0 Å². The zero-order valence-electron chi connectivity index (χ0n) is 10.00. The lowest BCUT2D eigenvalue weighted by Crippen LogP contribution is -2.18. The Morgan fingerprint density at radius 2 is 1.81 bits per heavy atom. The Labute approximate surface area is 97.7 Å². The Balaban J connectivity index is 1.99. The van der Waals surface area contributed by atoms with Gasteiger partial charge in [0.15, 0.2) is 0 Å². The number of aromatic hydroxyl groups is 1. The van der Waals surface area contributed by atoms with Crippen molar-refractivity contribution in [2.45, 2.75) is 51.5 Å². The van der Waals surface area contributed by atoms with E-state index < -0.39 is 0 Å². The average Bonchev–Trinajstić information content (AvgIpc) is 2.52. The van der Waals surface area contributed by atoms with Crippen LogP contribution in [-0.2, 0) is 0 Å². The van der Waals surface area contributed by atoms with Crippen molar-refractivity contribution in [3.05, 3.63) is 23.8 Å². The van der Waals surface area contributed by atoms with E-state index in [0.29, 0.717) is 11.8 Å². The number of nitrogens with one attached hydrogen (secondary N) is 1.